The highest BCUT2D eigenvalue weighted by Crippen LogP contribution is 2.24. The van der Waals surface area contributed by atoms with Gasteiger partial charge in [-0.15, -0.1) is 0 Å². The predicted molar refractivity (Wildman–Crippen MR) is 118 cm³/mol. The topological polar surface area (TPSA) is 92.6 Å². The number of likely N-dealkylation sites (tertiary alicyclic amines) is 1. The molecule has 4 rings (SSSR count). The summed E-state index contributed by atoms with van der Waals surface area (Å²) < 4.78 is 28.9. The summed E-state index contributed by atoms with van der Waals surface area (Å²) >= 11 is 0. The lowest BCUT2D eigenvalue weighted by molar-refractivity contribution is -0.133. The Hall–Kier alpha value is -2.26. The Morgan fingerprint density at radius 3 is 2.55 bits per heavy atom. The van der Waals surface area contributed by atoms with E-state index >= 15 is 0 Å². The first-order valence-electron chi connectivity index (χ1n) is 11.0. The number of carbonyl (C=O) groups excluding carboxylic acids is 1. The maximum atomic E-state index is 13.1. The Bertz CT molecular complexity index is 1140. The van der Waals surface area contributed by atoms with Crippen LogP contribution in [0.25, 0.3) is 10.9 Å². The third-order valence-corrected chi connectivity index (χ3v) is 8.39. The number of piperidine rings is 2. The van der Waals surface area contributed by atoms with Crippen molar-refractivity contribution in [3.05, 3.63) is 34.9 Å². The zero-order valence-electron chi connectivity index (χ0n) is 18.2. The second kappa shape index (κ2) is 8.70. The number of hydrogen-bond donors (Lipinski definition) is 0. The van der Waals surface area contributed by atoms with E-state index in [0.29, 0.717) is 43.5 Å². The molecule has 2 aliphatic rings. The van der Waals surface area contributed by atoms with Gasteiger partial charge < -0.3 is 4.90 Å². The SMILES string of the molecule is CC1CCN(S(=O)(=O)c2ccc3ncn(CC(=O)N4CCC[C@@H](C)C4)c(=O)c3c2)CC1. The normalized spacial score (nSPS) is 21.5. The molecular formula is C22H30N4O4S. The van der Waals surface area contributed by atoms with Crippen molar-refractivity contribution in [2.24, 2.45) is 11.8 Å². The van der Waals surface area contributed by atoms with E-state index in [1.54, 1.807) is 11.0 Å². The maximum Gasteiger partial charge on any atom is 0.261 e. The van der Waals surface area contributed by atoms with Gasteiger partial charge in [-0.2, -0.15) is 4.31 Å². The van der Waals surface area contributed by atoms with Crippen molar-refractivity contribution in [2.45, 2.75) is 51.0 Å². The third kappa shape index (κ3) is 4.52. The van der Waals surface area contributed by atoms with E-state index in [9.17, 15) is 18.0 Å². The molecule has 0 N–H and O–H groups in total. The molecule has 0 unspecified atom stereocenters. The fourth-order valence-corrected chi connectivity index (χ4v) is 5.94. The van der Waals surface area contributed by atoms with Gasteiger partial charge in [0.05, 0.1) is 22.1 Å². The Balaban J connectivity index is 1.61. The summed E-state index contributed by atoms with van der Waals surface area (Å²) in [7, 11) is -3.67. The molecule has 2 fully saturated rings. The number of aromatic nitrogens is 2. The van der Waals surface area contributed by atoms with Crippen LogP contribution in [-0.4, -0.2) is 59.3 Å². The number of rotatable bonds is 4. The molecule has 0 saturated carbocycles. The summed E-state index contributed by atoms with van der Waals surface area (Å²) in [4.78, 5) is 31.9. The van der Waals surface area contributed by atoms with Crippen LogP contribution in [0.2, 0.25) is 0 Å². The maximum absolute atomic E-state index is 13.1. The molecule has 1 amide bonds. The molecule has 9 heteroatoms. The van der Waals surface area contributed by atoms with Crippen LogP contribution >= 0.6 is 0 Å². The Kier molecular flexibility index (Phi) is 6.16. The second-order valence-electron chi connectivity index (χ2n) is 9.03. The Morgan fingerprint density at radius 1 is 1.10 bits per heavy atom. The summed E-state index contributed by atoms with van der Waals surface area (Å²) in [6, 6.07) is 4.48. The Labute approximate surface area is 182 Å². The highest BCUT2D eigenvalue weighted by Gasteiger charge is 2.28. The van der Waals surface area contributed by atoms with Crippen LogP contribution in [0, 0.1) is 11.8 Å². The average Bonchev–Trinajstić information content (AvgIpc) is 2.76. The van der Waals surface area contributed by atoms with Gasteiger partial charge in [-0.3, -0.25) is 14.2 Å². The van der Waals surface area contributed by atoms with Crippen molar-refractivity contribution in [3.63, 3.8) is 0 Å². The molecule has 1 atom stereocenters. The second-order valence-corrected chi connectivity index (χ2v) is 11.0. The molecule has 0 radical (unpaired) electrons. The minimum atomic E-state index is -3.67. The summed E-state index contributed by atoms with van der Waals surface area (Å²) in [5.74, 6) is 0.857. The van der Waals surface area contributed by atoms with Crippen LogP contribution in [0.15, 0.2) is 34.2 Å². The molecule has 8 nitrogen and oxygen atoms in total. The molecule has 3 heterocycles. The van der Waals surface area contributed by atoms with Crippen LogP contribution in [0.1, 0.15) is 39.5 Å². The lowest BCUT2D eigenvalue weighted by Crippen LogP contribution is -2.42. The molecular weight excluding hydrogens is 416 g/mol. The van der Waals surface area contributed by atoms with E-state index < -0.39 is 15.6 Å². The number of benzene rings is 1. The highest BCUT2D eigenvalue weighted by atomic mass is 32.2. The van der Waals surface area contributed by atoms with Gasteiger partial charge in [0, 0.05) is 26.2 Å². The summed E-state index contributed by atoms with van der Waals surface area (Å²) in [6.07, 6.45) is 5.11. The summed E-state index contributed by atoms with van der Waals surface area (Å²) in [6.45, 7) is 6.54. The first-order chi connectivity index (χ1) is 14.8. The molecule has 1 aromatic heterocycles. The fraction of sp³-hybridized carbons (Fsp3) is 0.591. The van der Waals surface area contributed by atoms with Crippen LogP contribution in [0.4, 0.5) is 0 Å². The number of fused-ring (bicyclic) bond motifs is 1. The first kappa shape index (κ1) is 22.0. The van der Waals surface area contributed by atoms with E-state index in [0.717, 1.165) is 25.7 Å². The number of hydrogen-bond acceptors (Lipinski definition) is 5. The standard InChI is InChI=1S/C22H30N4O4S/c1-16-7-10-26(11-8-16)31(29,30)18-5-6-20-19(12-18)22(28)25(15-23-20)14-21(27)24-9-3-4-17(2)13-24/h5-6,12,15-17H,3-4,7-11,13-14H2,1-2H3/t17-/m1/s1. The Morgan fingerprint density at radius 2 is 1.84 bits per heavy atom. The lowest BCUT2D eigenvalue weighted by atomic mass is 10.0. The van der Waals surface area contributed by atoms with Crippen molar-refractivity contribution >= 4 is 26.8 Å². The van der Waals surface area contributed by atoms with Crippen LogP contribution < -0.4 is 5.56 Å². The summed E-state index contributed by atoms with van der Waals surface area (Å²) in [5, 5.41) is 0.216. The van der Waals surface area contributed by atoms with Crippen LogP contribution in [0.5, 0.6) is 0 Å². The quantitative estimate of drug-likeness (QED) is 0.717. The molecule has 0 spiro atoms. The molecule has 2 aliphatic heterocycles. The van der Waals surface area contributed by atoms with Crippen molar-refractivity contribution in [1.82, 2.24) is 18.8 Å². The van der Waals surface area contributed by atoms with Gasteiger partial charge in [-0.05, 0) is 55.7 Å². The zero-order valence-corrected chi connectivity index (χ0v) is 19.0. The molecule has 1 aromatic carbocycles. The molecule has 168 valence electrons. The lowest BCUT2D eigenvalue weighted by Gasteiger charge is -2.31. The van der Waals surface area contributed by atoms with Gasteiger partial charge in [-0.25, -0.2) is 13.4 Å². The van der Waals surface area contributed by atoms with Crippen molar-refractivity contribution in [3.8, 4) is 0 Å². The van der Waals surface area contributed by atoms with E-state index in [1.807, 2.05) is 0 Å². The van der Waals surface area contributed by atoms with E-state index in [4.69, 9.17) is 0 Å². The van der Waals surface area contributed by atoms with Gasteiger partial charge in [0.15, 0.2) is 0 Å². The van der Waals surface area contributed by atoms with Gasteiger partial charge in [0.25, 0.3) is 5.56 Å². The van der Waals surface area contributed by atoms with Crippen molar-refractivity contribution in [2.75, 3.05) is 26.2 Å². The molecule has 2 saturated heterocycles. The molecule has 0 aliphatic carbocycles. The van der Waals surface area contributed by atoms with Gasteiger partial charge >= 0.3 is 0 Å². The highest BCUT2D eigenvalue weighted by molar-refractivity contribution is 7.89. The van der Waals surface area contributed by atoms with Gasteiger partial charge in [0.1, 0.15) is 6.54 Å². The number of amides is 1. The zero-order chi connectivity index (χ0) is 22.2. The molecule has 2 aromatic rings. The summed E-state index contributed by atoms with van der Waals surface area (Å²) in [5.41, 5.74) is 0.0271. The van der Waals surface area contributed by atoms with E-state index in [1.165, 1.54) is 27.3 Å². The smallest absolute Gasteiger partial charge is 0.261 e. The van der Waals surface area contributed by atoms with Gasteiger partial charge in [0.2, 0.25) is 15.9 Å². The predicted octanol–water partition coefficient (Wildman–Crippen LogP) is 2.08. The van der Waals surface area contributed by atoms with Crippen LogP contribution in [-0.2, 0) is 21.4 Å². The van der Waals surface area contributed by atoms with E-state index in [-0.39, 0.29) is 22.7 Å². The number of nitrogens with zero attached hydrogens (tertiary/aromatic N) is 4. The average molecular weight is 447 g/mol. The van der Waals surface area contributed by atoms with E-state index in [2.05, 4.69) is 18.8 Å². The monoisotopic (exact) mass is 446 g/mol. The number of carbonyl (C=O) groups is 1. The fourth-order valence-electron chi connectivity index (χ4n) is 4.45. The van der Waals surface area contributed by atoms with Crippen molar-refractivity contribution in [1.29, 1.82) is 0 Å². The third-order valence-electron chi connectivity index (χ3n) is 6.49. The minimum absolute atomic E-state index is 0.0878. The van der Waals surface area contributed by atoms with Crippen molar-refractivity contribution < 1.29 is 13.2 Å². The minimum Gasteiger partial charge on any atom is -0.341 e. The van der Waals surface area contributed by atoms with Crippen LogP contribution in [0.3, 0.4) is 0 Å². The van der Waals surface area contributed by atoms with Gasteiger partial charge in [-0.1, -0.05) is 13.8 Å². The molecule has 31 heavy (non-hydrogen) atoms. The molecule has 0 bridgehead atoms. The largest absolute Gasteiger partial charge is 0.341 e. The first-order valence-corrected chi connectivity index (χ1v) is 12.5. The number of sulfonamides is 1.